The summed E-state index contributed by atoms with van der Waals surface area (Å²) in [7, 11) is 1.59. The van der Waals surface area contributed by atoms with Crippen LogP contribution < -0.4 is 20.5 Å². The second-order valence-electron chi connectivity index (χ2n) is 5.77. The number of para-hydroxylation sites is 1. The van der Waals surface area contributed by atoms with E-state index < -0.39 is 5.91 Å². The lowest BCUT2D eigenvalue weighted by molar-refractivity contribution is -0.119. The van der Waals surface area contributed by atoms with E-state index in [1.165, 1.54) is 38.5 Å². The van der Waals surface area contributed by atoms with Gasteiger partial charge in [-0.15, -0.1) is 12.4 Å². The van der Waals surface area contributed by atoms with Gasteiger partial charge in [0.15, 0.2) is 18.1 Å². The van der Waals surface area contributed by atoms with Crippen LogP contribution in [0, 0.1) is 0 Å². The molecule has 1 aromatic rings. The van der Waals surface area contributed by atoms with Gasteiger partial charge in [0.25, 0.3) is 5.91 Å². The topological polar surface area (TPSA) is 73.6 Å². The number of carbonyl (C=O) groups is 1. The van der Waals surface area contributed by atoms with Gasteiger partial charge in [-0.1, -0.05) is 37.8 Å². The molecule has 0 bridgehead atoms. The Morgan fingerprint density at radius 1 is 1.26 bits per heavy atom. The van der Waals surface area contributed by atoms with Gasteiger partial charge in [-0.3, -0.25) is 4.79 Å². The maximum atomic E-state index is 11.0. The summed E-state index contributed by atoms with van der Waals surface area (Å²) >= 11 is 0. The van der Waals surface area contributed by atoms with Crippen LogP contribution in [-0.2, 0) is 11.3 Å². The number of nitrogens with one attached hydrogen (secondary N) is 1. The molecule has 1 aromatic carbocycles. The molecule has 130 valence electrons. The maximum Gasteiger partial charge on any atom is 0.255 e. The third kappa shape index (κ3) is 6.28. The molecule has 0 spiro atoms. The minimum absolute atomic E-state index is 0. The van der Waals surface area contributed by atoms with Gasteiger partial charge >= 0.3 is 0 Å². The average Bonchev–Trinajstić information content (AvgIpc) is 2.79. The molecule has 0 unspecified atom stereocenters. The first kappa shape index (κ1) is 19.6. The smallest absolute Gasteiger partial charge is 0.255 e. The number of benzene rings is 1. The summed E-state index contributed by atoms with van der Waals surface area (Å²) in [4.78, 5) is 11.0. The van der Waals surface area contributed by atoms with Gasteiger partial charge in [-0.2, -0.15) is 0 Å². The summed E-state index contributed by atoms with van der Waals surface area (Å²) in [6, 6.07) is 6.30. The highest BCUT2D eigenvalue weighted by Crippen LogP contribution is 2.31. The van der Waals surface area contributed by atoms with E-state index in [0.717, 1.165) is 5.56 Å². The first-order chi connectivity index (χ1) is 10.7. The Morgan fingerprint density at radius 3 is 2.57 bits per heavy atom. The van der Waals surface area contributed by atoms with E-state index in [4.69, 9.17) is 15.2 Å². The SMILES string of the molecule is COc1cccc(CNC2CCCCCC2)c1OCC(N)=O.Cl. The number of hydrogen-bond acceptors (Lipinski definition) is 4. The van der Waals surface area contributed by atoms with Gasteiger partial charge in [0.2, 0.25) is 0 Å². The fourth-order valence-corrected chi connectivity index (χ4v) is 2.91. The molecule has 0 heterocycles. The van der Waals surface area contributed by atoms with Crippen LogP contribution in [0.4, 0.5) is 0 Å². The van der Waals surface area contributed by atoms with Gasteiger partial charge in [-0.25, -0.2) is 0 Å². The minimum Gasteiger partial charge on any atom is -0.493 e. The number of amides is 1. The standard InChI is InChI=1S/C17H26N2O3.ClH/c1-21-15-10-6-7-13(17(15)22-12-16(18)20)11-19-14-8-4-2-3-5-9-14;/h6-7,10,14,19H,2-5,8-9,11-12H2,1H3,(H2,18,20);1H. The van der Waals surface area contributed by atoms with Crippen LogP contribution in [0.3, 0.4) is 0 Å². The van der Waals surface area contributed by atoms with Gasteiger partial charge in [0, 0.05) is 18.2 Å². The summed E-state index contributed by atoms with van der Waals surface area (Å²) in [6.45, 7) is 0.562. The number of nitrogens with two attached hydrogens (primary N) is 1. The Hall–Kier alpha value is -1.46. The lowest BCUT2D eigenvalue weighted by Gasteiger charge is -2.19. The molecule has 1 aliphatic rings. The number of carbonyl (C=O) groups excluding carboxylic acids is 1. The quantitative estimate of drug-likeness (QED) is 0.747. The first-order valence-corrected chi connectivity index (χ1v) is 8.01. The second kappa shape index (κ2) is 10.3. The Kier molecular flexibility index (Phi) is 8.81. The van der Waals surface area contributed by atoms with Crippen LogP contribution in [0.5, 0.6) is 11.5 Å². The van der Waals surface area contributed by atoms with Crippen molar-refractivity contribution in [1.82, 2.24) is 5.32 Å². The molecule has 0 aliphatic heterocycles. The van der Waals surface area contributed by atoms with Crippen molar-refractivity contribution in [2.24, 2.45) is 5.73 Å². The van der Waals surface area contributed by atoms with Crippen molar-refractivity contribution >= 4 is 18.3 Å². The molecule has 0 saturated heterocycles. The number of methoxy groups -OCH3 is 1. The second-order valence-corrected chi connectivity index (χ2v) is 5.77. The van der Waals surface area contributed by atoms with Crippen LogP contribution in [0.15, 0.2) is 18.2 Å². The third-order valence-corrected chi connectivity index (χ3v) is 4.08. The summed E-state index contributed by atoms with van der Waals surface area (Å²) in [5.74, 6) is 0.736. The molecule has 2 rings (SSSR count). The molecular formula is C17H27ClN2O3. The van der Waals surface area contributed by atoms with E-state index in [1.54, 1.807) is 7.11 Å². The third-order valence-electron chi connectivity index (χ3n) is 4.08. The predicted molar refractivity (Wildman–Crippen MR) is 93.3 cm³/mol. The number of rotatable bonds is 7. The lowest BCUT2D eigenvalue weighted by Crippen LogP contribution is -2.28. The molecule has 1 amide bonds. The van der Waals surface area contributed by atoms with E-state index in [2.05, 4.69) is 5.32 Å². The Balaban J connectivity index is 0.00000264. The Morgan fingerprint density at radius 2 is 1.96 bits per heavy atom. The summed E-state index contributed by atoms with van der Waals surface area (Å²) in [6.07, 6.45) is 7.71. The molecule has 5 nitrogen and oxygen atoms in total. The highest BCUT2D eigenvalue weighted by Gasteiger charge is 2.15. The van der Waals surface area contributed by atoms with Gasteiger partial charge < -0.3 is 20.5 Å². The summed E-state index contributed by atoms with van der Waals surface area (Å²) in [5, 5.41) is 3.61. The maximum absolute atomic E-state index is 11.0. The first-order valence-electron chi connectivity index (χ1n) is 8.01. The van der Waals surface area contributed by atoms with Crippen molar-refractivity contribution in [2.45, 2.75) is 51.1 Å². The largest absolute Gasteiger partial charge is 0.493 e. The van der Waals surface area contributed by atoms with Crippen molar-refractivity contribution < 1.29 is 14.3 Å². The van der Waals surface area contributed by atoms with E-state index in [9.17, 15) is 4.79 Å². The van der Waals surface area contributed by atoms with Crippen molar-refractivity contribution in [3.8, 4) is 11.5 Å². The monoisotopic (exact) mass is 342 g/mol. The number of primary amides is 1. The van der Waals surface area contributed by atoms with Crippen LogP contribution in [0.25, 0.3) is 0 Å². The zero-order valence-electron chi connectivity index (χ0n) is 13.7. The van der Waals surface area contributed by atoms with Crippen molar-refractivity contribution in [3.05, 3.63) is 23.8 Å². The minimum atomic E-state index is -0.492. The van der Waals surface area contributed by atoms with Crippen molar-refractivity contribution in [1.29, 1.82) is 0 Å². The van der Waals surface area contributed by atoms with Gasteiger partial charge in [-0.05, 0) is 18.9 Å². The lowest BCUT2D eigenvalue weighted by atomic mass is 10.1. The summed E-state index contributed by atoms with van der Waals surface area (Å²) in [5.41, 5.74) is 6.16. The molecule has 0 radical (unpaired) electrons. The number of ether oxygens (including phenoxy) is 2. The Bertz CT molecular complexity index is 489. The fourth-order valence-electron chi connectivity index (χ4n) is 2.91. The molecule has 23 heavy (non-hydrogen) atoms. The molecule has 0 atom stereocenters. The number of halogens is 1. The van der Waals surface area contributed by atoms with E-state index >= 15 is 0 Å². The van der Waals surface area contributed by atoms with Crippen molar-refractivity contribution in [3.63, 3.8) is 0 Å². The van der Waals surface area contributed by atoms with Crippen LogP contribution in [0.2, 0.25) is 0 Å². The van der Waals surface area contributed by atoms with Crippen LogP contribution >= 0.6 is 12.4 Å². The van der Waals surface area contributed by atoms with Gasteiger partial charge in [0.1, 0.15) is 0 Å². The van der Waals surface area contributed by atoms with E-state index in [0.29, 0.717) is 24.1 Å². The molecule has 1 fully saturated rings. The van der Waals surface area contributed by atoms with Crippen LogP contribution in [-0.4, -0.2) is 25.7 Å². The summed E-state index contributed by atoms with van der Waals surface area (Å²) < 4.78 is 10.9. The molecule has 3 N–H and O–H groups in total. The highest BCUT2D eigenvalue weighted by atomic mass is 35.5. The zero-order valence-corrected chi connectivity index (χ0v) is 14.5. The Labute approximate surface area is 144 Å². The highest BCUT2D eigenvalue weighted by molar-refractivity contribution is 5.85. The normalized spacial score (nSPS) is 15.3. The van der Waals surface area contributed by atoms with Crippen molar-refractivity contribution in [2.75, 3.05) is 13.7 Å². The number of hydrogen-bond donors (Lipinski definition) is 2. The van der Waals surface area contributed by atoms with E-state index in [-0.39, 0.29) is 19.0 Å². The molecule has 0 aromatic heterocycles. The van der Waals surface area contributed by atoms with E-state index in [1.807, 2.05) is 18.2 Å². The zero-order chi connectivity index (χ0) is 15.8. The van der Waals surface area contributed by atoms with Crippen LogP contribution in [0.1, 0.15) is 44.1 Å². The molecule has 1 saturated carbocycles. The average molecular weight is 343 g/mol. The molecular weight excluding hydrogens is 316 g/mol. The fraction of sp³-hybridized carbons (Fsp3) is 0.588. The predicted octanol–water partition coefficient (Wildman–Crippen LogP) is 2.79. The van der Waals surface area contributed by atoms with Gasteiger partial charge in [0.05, 0.1) is 7.11 Å². The molecule has 6 heteroatoms. The molecule has 1 aliphatic carbocycles.